The first-order valence-corrected chi connectivity index (χ1v) is 6.66. The maximum absolute atomic E-state index is 13.5. The third-order valence-electron chi connectivity index (χ3n) is 2.57. The van der Waals surface area contributed by atoms with E-state index in [1.165, 1.54) is 30.3 Å². The summed E-state index contributed by atoms with van der Waals surface area (Å²) in [4.78, 5) is 0. The van der Waals surface area contributed by atoms with E-state index in [0.717, 1.165) is 4.47 Å². The molecule has 2 aromatic carbocycles. The van der Waals surface area contributed by atoms with E-state index in [-0.39, 0.29) is 12.3 Å². The van der Waals surface area contributed by atoms with Crippen LogP contribution in [0.5, 0.6) is 5.75 Å². The van der Waals surface area contributed by atoms with Gasteiger partial charge < -0.3 is 10.1 Å². The summed E-state index contributed by atoms with van der Waals surface area (Å²) < 4.78 is 54.0. The Kier molecular flexibility index (Phi) is 4.72. The molecule has 0 heterocycles. The fourth-order valence-electron chi connectivity index (χ4n) is 1.64. The monoisotopic (exact) mass is 363 g/mol. The van der Waals surface area contributed by atoms with Gasteiger partial charge in [-0.25, -0.2) is 4.39 Å². The van der Waals surface area contributed by atoms with Crippen LogP contribution in [0.3, 0.4) is 0 Å². The van der Waals surface area contributed by atoms with Gasteiger partial charge in [-0.2, -0.15) is 0 Å². The zero-order valence-electron chi connectivity index (χ0n) is 10.5. The lowest BCUT2D eigenvalue weighted by atomic mass is 10.2. The van der Waals surface area contributed by atoms with Crippen LogP contribution < -0.4 is 10.1 Å². The van der Waals surface area contributed by atoms with Crippen molar-refractivity contribution < 1.29 is 22.3 Å². The summed E-state index contributed by atoms with van der Waals surface area (Å²) in [5.74, 6) is -0.699. The molecule has 0 spiro atoms. The maximum Gasteiger partial charge on any atom is 0.573 e. The number of hydrogen-bond donors (Lipinski definition) is 1. The SMILES string of the molecule is Fc1ccc(Br)cc1NCc1ccc(OC(F)(F)F)cc1. The van der Waals surface area contributed by atoms with E-state index in [4.69, 9.17) is 0 Å². The van der Waals surface area contributed by atoms with Crippen LogP contribution in [0.2, 0.25) is 0 Å². The lowest BCUT2D eigenvalue weighted by Crippen LogP contribution is -2.17. The van der Waals surface area contributed by atoms with Crippen LogP contribution in [0.15, 0.2) is 46.9 Å². The van der Waals surface area contributed by atoms with Gasteiger partial charge in [0.05, 0.1) is 5.69 Å². The smallest absolute Gasteiger partial charge is 0.406 e. The van der Waals surface area contributed by atoms with E-state index >= 15 is 0 Å². The second kappa shape index (κ2) is 6.34. The molecule has 21 heavy (non-hydrogen) atoms. The average molecular weight is 364 g/mol. The van der Waals surface area contributed by atoms with E-state index in [1.807, 2.05) is 0 Å². The van der Waals surface area contributed by atoms with E-state index in [9.17, 15) is 17.6 Å². The molecule has 2 aromatic rings. The molecule has 7 heteroatoms. The highest BCUT2D eigenvalue weighted by Crippen LogP contribution is 2.24. The van der Waals surface area contributed by atoms with Crippen LogP contribution >= 0.6 is 15.9 Å². The third-order valence-corrected chi connectivity index (χ3v) is 3.06. The first kappa shape index (κ1) is 15.6. The van der Waals surface area contributed by atoms with Crippen molar-refractivity contribution >= 4 is 21.6 Å². The van der Waals surface area contributed by atoms with Crippen molar-refractivity contribution in [3.8, 4) is 5.75 Å². The summed E-state index contributed by atoms with van der Waals surface area (Å²) in [7, 11) is 0. The minimum atomic E-state index is -4.71. The van der Waals surface area contributed by atoms with Crippen LogP contribution in [0, 0.1) is 5.82 Å². The lowest BCUT2D eigenvalue weighted by Gasteiger charge is -2.10. The molecule has 0 fully saturated rings. The van der Waals surface area contributed by atoms with Gasteiger partial charge in [0.2, 0.25) is 0 Å². The van der Waals surface area contributed by atoms with Crippen molar-refractivity contribution in [1.29, 1.82) is 0 Å². The molecule has 0 aliphatic rings. The summed E-state index contributed by atoms with van der Waals surface area (Å²) in [6.07, 6.45) is -4.71. The highest BCUT2D eigenvalue weighted by molar-refractivity contribution is 9.10. The third kappa shape index (κ3) is 4.93. The molecule has 0 bridgehead atoms. The fourth-order valence-corrected chi connectivity index (χ4v) is 2.00. The first-order chi connectivity index (χ1) is 9.83. The molecule has 0 radical (unpaired) electrons. The van der Waals surface area contributed by atoms with Crippen LogP contribution in [-0.2, 0) is 6.54 Å². The minimum Gasteiger partial charge on any atom is -0.406 e. The average Bonchev–Trinajstić information content (AvgIpc) is 2.40. The largest absolute Gasteiger partial charge is 0.573 e. The Morgan fingerprint density at radius 1 is 1.05 bits per heavy atom. The molecule has 0 aliphatic carbocycles. The van der Waals surface area contributed by atoms with Gasteiger partial charge in [0, 0.05) is 11.0 Å². The number of rotatable bonds is 4. The molecule has 0 saturated carbocycles. The van der Waals surface area contributed by atoms with Gasteiger partial charge in [0.25, 0.3) is 0 Å². The highest BCUT2D eigenvalue weighted by Gasteiger charge is 2.30. The van der Waals surface area contributed by atoms with Crippen molar-refractivity contribution in [2.45, 2.75) is 12.9 Å². The minimum absolute atomic E-state index is 0.277. The van der Waals surface area contributed by atoms with Crippen LogP contribution in [-0.4, -0.2) is 6.36 Å². The van der Waals surface area contributed by atoms with Gasteiger partial charge in [0.1, 0.15) is 11.6 Å². The van der Waals surface area contributed by atoms with Gasteiger partial charge in [-0.05, 0) is 35.9 Å². The van der Waals surface area contributed by atoms with Crippen molar-refractivity contribution in [1.82, 2.24) is 0 Å². The fraction of sp³-hybridized carbons (Fsp3) is 0.143. The Hall–Kier alpha value is -1.76. The second-order valence-corrected chi connectivity index (χ2v) is 5.09. The molecule has 0 aromatic heterocycles. The van der Waals surface area contributed by atoms with E-state index < -0.39 is 12.2 Å². The van der Waals surface area contributed by atoms with Gasteiger partial charge in [-0.15, -0.1) is 13.2 Å². The van der Waals surface area contributed by atoms with E-state index in [1.54, 1.807) is 12.1 Å². The van der Waals surface area contributed by atoms with Gasteiger partial charge in [-0.1, -0.05) is 28.1 Å². The summed E-state index contributed by atoms with van der Waals surface area (Å²) in [6, 6.07) is 9.84. The molecule has 0 aliphatic heterocycles. The van der Waals surface area contributed by atoms with E-state index in [0.29, 0.717) is 11.3 Å². The molecule has 0 atom stereocenters. The van der Waals surface area contributed by atoms with Crippen molar-refractivity contribution in [2.24, 2.45) is 0 Å². The van der Waals surface area contributed by atoms with E-state index in [2.05, 4.69) is 26.0 Å². The Balaban J connectivity index is 1.99. The summed E-state index contributed by atoms with van der Waals surface area (Å²) in [6.45, 7) is 0.277. The number of nitrogens with one attached hydrogen (secondary N) is 1. The molecule has 0 unspecified atom stereocenters. The molecule has 1 N–H and O–H groups in total. The Morgan fingerprint density at radius 3 is 2.33 bits per heavy atom. The van der Waals surface area contributed by atoms with Gasteiger partial charge >= 0.3 is 6.36 Å². The number of alkyl halides is 3. The molecular formula is C14H10BrF4NO. The predicted octanol–water partition coefficient (Wildman–Crippen LogP) is 5.10. The maximum atomic E-state index is 13.5. The zero-order chi connectivity index (χ0) is 15.5. The molecular weight excluding hydrogens is 354 g/mol. The standard InChI is InChI=1S/C14H10BrF4NO/c15-10-3-6-12(16)13(7-10)20-8-9-1-4-11(5-2-9)21-14(17,18)19/h1-7,20H,8H2. The summed E-state index contributed by atoms with van der Waals surface area (Å²) in [5.41, 5.74) is 1.00. The summed E-state index contributed by atoms with van der Waals surface area (Å²) >= 11 is 3.23. The lowest BCUT2D eigenvalue weighted by molar-refractivity contribution is -0.274. The van der Waals surface area contributed by atoms with Gasteiger partial charge in [0.15, 0.2) is 0 Å². The number of ether oxygens (including phenoxy) is 1. The number of halogens is 5. The Bertz CT molecular complexity index is 613. The first-order valence-electron chi connectivity index (χ1n) is 5.87. The van der Waals surface area contributed by atoms with Crippen molar-refractivity contribution in [3.05, 3.63) is 58.3 Å². The molecule has 2 rings (SSSR count). The normalized spacial score (nSPS) is 11.3. The second-order valence-electron chi connectivity index (χ2n) is 4.17. The van der Waals surface area contributed by atoms with Gasteiger partial charge in [-0.3, -0.25) is 0 Å². The Morgan fingerprint density at radius 2 is 1.71 bits per heavy atom. The zero-order valence-corrected chi connectivity index (χ0v) is 12.1. The van der Waals surface area contributed by atoms with Crippen LogP contribution in [0.1, 0.15) is 5.56 Å². The molecule has 0 saturated heterocycles. The number of hydrogen-bond acceptors (Lipinski definition) is 2. The summed E-state index contributed by atoms with van der Waals surface area (Å²) in [5, 5.41) is 2.87. The van der Waals surface area contributed by atoms with Crippen LogP contribution in [0.25, 0.3) is 0 Å². The highest BCUT2D eigenvalue weighted by atomic mass is 79.9. The molecule has 0 amide bonds. The number of anilines is 1. The predicted molar refractivity (Wildman–Crippen MR) is 74.6 cm³/mol. The molecule has 112 valence electrons. The van der Waals surface area contributed by atoms with Crippen molar-refractivity contribution in [2.75, 3.05) is 5.32 Å². The Labute approximate surface area is 126 Å². The quantitative estimate of drug-likeness (QED) is 0.763. The number of benzene rings is 2. The topological polar surface area (TPSA) is 21.3 Å². The molecule has 2 nitrogen and oxygen atoms in total. The van der Waals surface area contributed by atoms with Crippen molar-refractivity contribution in [3.63, 3.8) is 0 Å². The van der Waals surface area contributed by atoms with Crippen LogP contribution in [0.4, 0.5) is 23.2 Å².